The average Bonchev–Trinajstić information content (AvgIpc) is 2.27. The number of anilines is 2. The van der Waals surface area contributed by atoms with Crippen molar-refractivity contribution in [2.75, 3.05) is 5.32 Å². The van der Waals surface area contributed by atoms with Crippen molar-refractivity contribution in [3.63, 3.8) is 0 Å². The van der Waals surface area contributed by atoms with E-state index in [1.807, 2.05) is 18.2 Å². The largest absolute Gasteiger partial charge is 0.323 e. The van der Waals surface area contributed by atoms with Crippen LogP contribution in [0.2, 0.25) is 0 Å². The summed E-state index contributed by atoms with van der Waals surface area (Å²) in [6.45, 7) is 0. The van der Waals surface area contributed by atoms with Gasteiger partial charge in [0.25, 0.3) is 0 Å². The highest BCUT2D eigenvalue weighted by atomic mass is 127. The maximum Gasteiger partial charge on any atom is 0.227 e. The number of halogens is 3. The predicted molar refractivity (Wildman–Crippen MR) is 79.9 cm³/mol. The molecule has 0 aliphatic heterocycles. The van der Waals surface area contributed by atoms with Gasteiger partial charge in [0.15, 0.2) is 0 Å². The van der Waals surface area contributed by atoms with Crippen LogP contribution in [-0.2, 0) is 0 Å². The van der Waals surface area contributed by atoms with E-state index in [1.165, 1.54) is 0 Å². The molecule has 6 heteroatoms. The maximum atomic E-state index is 4.18. The Labute approximate surface area is 123 Å². The molecule has 2 aromatic rings. The Hall–Kier alpha value is -0.210. The molecule has 0 amide bonds. The standard InChI is InChI=1S/C10H6Br2IN3/c11-6-1-2-8(12)9(3-6)16-10-14-4-7(13)5-15-10/h1-5H,(H,14,15,16). The van der Waals surface area contributed by atoms with Crippen molar-refractivity contribution in [1.82, 2.24) is 9.97 Å². The lowest BCUT2D eigenvalue weighted by molar-refractivity contribution is 1.15. The van der Waals surface area contributed by atoms with Crippen molar-refractivity contribution < 1.29 is 0 Å². The summed E-state index contributed by atoms with van der Waals surface area (Å²) in [5.74, 6) is 0.583. The van der Waals surface area contributed by atoms with Crippen molar-refractivity contribution in [1.29, 1.82) is 0 Å². The number of nitrogens with zero attached hydrogens (tertiary/aromatic N) is 2. The molecule has 0 saturated carbocycles. The van der Waals surface area contributed by atoms with Crippen LogP contribution in [0.15, 0.2) is 39.5 Å². The normalized spacial score (nSPS) is 10.2. The van der Waals surface area contributed by atoms with Crippen molar-refractivity contribution in [3.8, 4) is 0 Å². The molecule has 0 saturated heterocycles. The molecular weight excluding hydrogens is 449 g/mol. The van der Waals surface area contributed by atoms with E-state index in [9.17, 15) is 0 Å². The lowest BCUT2D eigenvalue weighted by Gasteiger charge is -2.07. The van der Waals surface area contributed by atoms with Gasteiger partial charge in [0.2, 0.25) is 5.95 Å². The third-order valence-corrected chi connectivity index (χ3v) is 3.54. The first-order chi connectivity index (χ1) is 7.65. The smallest absolute Gasteiger partial charge is 0.227 e. The molecule has 3 nitrogen and oxygen atoms in total. The lowest BCUT2D eigenvalue weighted by Crippen LogP contribution is -1.97. The van der Waals surface area contributed by atoms with Crippen LogP contribution in [-0.4, -0.2) is 9.97 Å². The first-order valence-electron chi connectivity index (χ1n) is 4.35. The van der Waals surface area contributed by atoms with Gasteiger partial charge in [-0.05, 0) is 56.7 Å². The monoisotopic (exact) mass is 453 g/mol. The van der Waals surface area contributed by atoms with Crippen LogP contribution in [0.5, 0.6) is 0 Å². The zero-order chi connectivity index (χ0) is 11.5. The van der Waals surface area contributed by atoms with E-state index in [-0.39, 0.29) is 0 Å². The minimum atomic E-state index is 0.583. The molecule has 0 aliphatic rings. The Morgan fingerprint density at radius 2 is 1.81 bits per heavy atom. The number of hydrogen-bond donors (Lipinski definition) is 1. The quantitative estimate of drug-likeness (QED) is 0.686. The highest BCUT2D eigenvalue weighted by Gasteiger charge is 2.02. The van der Waals surface area contributed by atoms with Crippen molar-refractivity contribution in [2.45, 2.75) is 0 Å². The summed E-state index contributed by atoms with van der Waals surface area (Å²) in [5.41, 5.74) is 0.926. The number of nitrogens with one attached hydrogen (secondary N) is 1. The van der Waals surface area contributed by atoms with Gasteiger partial charge in [-0.2, -0.15) is 0 Å². The van der Waals surface area contributed by atoms with Gasteiger partial charge in [-0.3, -0.25) is 0 Å². The van der Waals surface area contributed by atoms with E-state index in [4.69, 9.17) is 0 Å². The zero-order valence-electron chi connectivity index (χ0n) is 7.92. The summed E-state index contributed by atoms with van der Waals surface area (Å²) in [5, 5.41) is 3.14. The molecule has 0 unspecified atom stereocenters. The number of benzene rings is 1. The Balaban J connectivity index is 2.26. The first kappa shape index (κ1) is 12.3. The van der Waals surface area contributed by atoms with Crippen LogP contribution in [0.4, 0.5) is 11.6 Å². The third-order valence-electron chi connectivity index (χ3n) is 1.80. The SMILES string of the molecule is Brc1ccc(Br)c(Nc2ncc(I)cn2)c1. The van der Waals surface area contributed by atoms with Crippen LogP contribution in [0.3, 0.4) is 0 Å². The van der Waals surface area contributed by atoms with Crippen molar-refractivity contribution >= 4 is 66.1 Å². The summed E-state index contributed by atoms with van der Waals surface area (Å²) in [6.07, 6.45) is 3.53. The second-order valence-corrected chi connectivity index (χ2v) is 5.99. The maximum absolute atomic E-state index is 4.18. The molecular formula is C10H6Br2IN3. The Bertz CT molecular complexity index is 502. The van der Waals surface area contributed by atoms with E-state index < -0.39 is 0 Å². The van der Waals surface area contributed by atoms with Crippen LogP contribution < -0.4 is 5.32 Å². The molecule has 0 radical (unpaired) electrons. The van der Waals surface area contributed by atoms with Gasteiger partial charge in [0.1, 0.15) is 0 Å². The topological polar surface area (TPSA) is 37.8 Å². The first-order valence-corrected chi connectivity index (χ1v) is 7.01. The second kappa shape index (κ2) is 5.42. The fraction of sp³-hybridized carbons (Fsp3) is 0. The Morgan fingerprint density at radius 3 is 2.50 bits per heavy atom. The molecule has 2 rings (SSSR count). The molecule has 0 aliphatic carbocycles. The second-order valence-electron chi connectivity index (χ2n) is 2.97. The molecule has 0 fully saturated rings. The molecule has 0 bridgehead atoms. The minimum Gasteiger partial charge on any atom is -0.323 e. The van der Waals surface area contributed by atoms with Gasteiger partial charge in [-0.15, -0.1) is 0 Å². The highest BCUT2D eigenvalue weighted by Crippen LogP contribution is 2.27. The van der Waals surface area contributed by atoms with E-state index in [2.05, 4.69) is 69.7 Å². The fourth-order valence-electron chi connectivity index (χ4n) is 1.09. The number of aromatic nitrogens is 2. The van der Waals surface area contributed by atoms with Crippen LogP contribution in [0, 0.1) is 3.57 Å². The molecule has 1 aromatic heterocycles. The zero-order valence-corrected chi connectivity index (χ0v) is 13.2. The molecule has 16 heavy (non-hydrogen) atoms. The molecule has 1 heterocycles. The fourth-order valence-corrected chi connectivity index (χ4v) is 2.08. The lowest BCUT2D eigenvalue weighted by atomic mass is 10.3. The molecule has 0 spiro atoms. The summed E-state index contributed by atoms with van der Waals surface area (Å²) >= 11 is 9.05. The Kier molecular flexibility index (Phi) is 4.15. The van der Waals surface area contributed by atoms with E-state index in [0.717, 1.165) is 18.2 Å². The average molecular weight is 455 g/mol. The van der Waals surface area contributed by atoms with E-state index in [0.29, 0.717) is 5.95 Å². The summed E-state index contributed by atoms with van der Waals surface area (Å²) in [4.78, 5) is 8.36. The summed E-state index contributed by atoms with van der Waals surface area (Å²) in [6, 6.07) is 5.88. The predicted octanol–water partition coefficient (Wildman–Crippen LogP) is 4.35. The number of rotatable bonds is 2. The van der Waals surface area contributed by atoms with Gasteiger partial charge in [-0.25, -0.2) is 9.97 Å². The van der Waals surface area contributed by atoms with Crippen LogP contribution in [0.1, 0.15) is 0 Å². The third kappa shape index (κ3) is 3.14. The van der Waals surface area contributed by atoms with Gasteiger partial charge in [0, 0.05) is 24.9 Å². The van der Waals surface area contributed by atoms with Crippen LogP contribution in [0.25, 0.3) is 0 Å². The highest BCUT2D eigenvalue weighted by molar-refractivity contribution is 14.1. The van der Waals surface area contributed by atoms with Gasteiger partial charge in [0.05, 0.1) is 5.69 Å². The molecule has 0 atom stereocenters. The van der Waals surface area contributed by atoms with E-state index >= 15 is 0 Å². The van der Waals surface area contributed by atoms with Gasteiger partial charge >= 0.3 is 0 Å². The minimum absolute atomic E-state index is 0.583. The Morgan fingerprint density at radius 1 is 1.12 bits per heavy atom. The molecule has 1 N–H and O–H groups in total. The van der Waals surface area contributed by atoms with Crippen LogP contribution >= 0.6 is 54.5 Å². The summed E-state index contributed by atoms with van der Waals surface area (Å²) < 4.78 is 2.98. The summed E-state index contributed by atoms with van der Waals surface area (Å²) in [7, 11) is 0. The van der Waals surface area contributed by atoms with Crippen molar-refractivity contribution in [3.05, 3.63) is 43.1 Å². The van der Waals surface area contributed by atoms with Crippen molar-refractivity contribution in [2.24, 2.45) is 0 Å². The van der Waals surface area contributed by atoms with E-state index in [1.54, 1.807) is 12.4 Å². The number of hydrogen-bond acceptors (Lipinski definition) is 3. The molecule has 82 valence electrons. The molecule has 1 aromatic carbocycles. The van der Waals surface area contributed by atoms with Gasteiger partial charge < -0.3 is 5.32 Å². The van der Waals surface area contributed by atoms with Gasteiger partial charge in [-0.1, -0.05) is 15.9 Å².